The number of carbonyl (C=O) groups excluding carboxylic acids is 1. The fourth-order valence-corrected chi connectivity index (χ4v) is 0.573. The number of ketones is 1. The van der Waals surface area contributed by atoms with Gasteiger partial charge in [0.1, 0.15) is 0 Å². The van der Waals surface area contributed by atoms with Crippen molar-refractivity contribution in [2.45, 2.75) is 0 Å². The molecule has 0 unspecified atom stereocenters. The summed E-state index contributed by atoms with van der Waals surface area (Å²) in [5.74, 6) is 0.0222. The van der Waals surface area contributed by atoms with Gasteiger partial charge in [-0.15, -0.1) is 5.73 Å². The molecule has 0 fully saturated rings. The van der Waals surface area contributed by atoms with Crippen molar-refractivity contribution >= 4 is 5.78 Å². The summed E-state index contributed by atoms with van der Waals surface area (Å²) in [6.45, 7) is 3.43. The zero-order valence-electron chi connectivity index (χ0n) is 4.92. The molecule has 0 aromatic carbocycles. The molecule has 0 aromatic rings. The van der Waals surface area contributed by atoms with E-state index in [9.17, 15) is 4.79 Å². The van der Waals surface area contributed by atoms with Gasteiger partial charge in [-0.2, -0.15) is 0 Å². The third-order valence-corrected chi connectivity index (χ3v) is 1.06. The summed E-state index contributed by atoms with van der Waals surface area (Å²) in [5, 5.41) is 0. The van der Waals surface area contributed by atoms with E-state index in [1.165, 1.54) is 12.2 Å². The zero-order chi connectivity index (χ0) is 6.69. The van der Waals surface area contributed by atoms with E-state index in [2.05, 4.69) is 12.3 Å². The van der Waals surface area contributed by atoms with Gasteiger partial charge in [-0.25, -0.2) is 0 Å². The summed E-state index contributed by atoms with van der Waals surface area (Å²) < 4.78 is 0. The fraction of sp³-hybridized carbons (Fsp3) is 0. The van der Waals surface area contributed by atoms with Crippen molar-refractivity contribution < 1.29 is 4.79 Å². The molecule has 1 aliphatic carbocycles. The highest BCUT2D eigenvalue weighted by Gasteiger charge is 1.94. The molecule has 0 heterocycles. The Labute approximate surface area is 53.7 Å². The Morgan fingerprint density at radius 2 is 1.78 bits per heavy atom. The maximum Gasteiger partial charge on any atom is 0.178 e. The average molecular weight is 118 g/mol. The summed E-state index contributed by atoms with van der Waals surface area (Å²) in [7, 11) is 0. The second-order valence-electron chi connectivity index (χ2n) is 1.70. The molecule has 0 aliphatic heterocycles. The van der Waals surface area contributed by atoms with Crippen molar-refractivity contribution in [2.24, 2.45) is 0 Å². The van der Waals surface area contributed by atoms with Crippen LogP contribution in [0.5, 0.6) is 0 Å². The first kappa shape index (κ1) is 5.80. The molecule has 9 heavy (non-hydrogen) atoms. The minimum atomic E-state index is 0.0222. The highest BCUT2D eigenvalue weighted by molar-refractivity contribution is 6.01. The number of hydrogen-bond donors (Lipinski definition) is 0. The molecule has 0 amide bonds. The van der Waals surface area contributed by atoms with Crippen LogP contribution in [0.25, 0.3) is 0 Å². The highest BCUT2D eigenvalue weighted by atomic mass is 16.1. The van der Waals surface area contributed by atoms with Crippen LogP contribution in [0, 0.1) is 0 Å². The van der Waals surface area contributed by atoms with Gasteiger partial charge in [-0.05, 0) is 24.3 Å². The highest BCUT2D eigenvalue weighted by Crippen LogP contribution is 2.02. The first-order valence-corrected chi connectivity index (χ1v) is 2.63. The van der Waals surface area contributed by atoms with Crippen LogP contribution in [0.15, 0.2) is 42.2 Å². The van der Waals surface area contributed by atoms with Crippen LogP contribution in [0.4, 0.5) is 0 Å². The second kappa shape index (κ2) is 2.29. The van der Waals surface area contributed by atoms with Crippen molar-refractivity contribution in [1.29, 1.82) is 0 Å². The molecule has 0 bridgehead atoms. The number of carbonyl (C=O) groups is 1. The predicted octanol–water partition coefficient (Wildman–Crippen LogP) is 1.39. The zero-order valence-corrected chi connectivity index (χ0v) is 4.92. The van der Waals surface area contributed by atoms with Crippen LogP contribution in [-0.2, 0) is 4.79 Å². The monoisotopic (exact) mass is 118 g/mol. The van der Waals surface area contributed by atoms with Gasteiger partial charge in [0.05, 0.1) is 0 Å². The lowest BCUT2D eigenvalue weighted by Crippen LogP contribution is -1.89. The fourth-order valence-electron chi connectivity index (χ4n) is 0.573. The molecule has 0 N–H and O–H groups in total. The van der Waals surface area contributed by atoms with Crippen molar-refractivity contribution in [3.63, 3.8) is 0 Å². The maximum atomic E-state index is 10.5. The van der Waals surface area contributed by atoms with Gasteiger partial charge in [0.25, 0.3) is 0 Å². The van der Waals surface area contributed by atoms with Crippen LogP contribution in [0.1, 0.15) is 0 Å². The lowest BCUT2D eigenvalue weighted by molar-refractivity contribution is -0.110. The molecule has 0 aromatic heterocycles. The minimum absolute atomic E-state index is 0.0222. The van der Waals surface area contributed by atoms with Gasteiger partial charge in [0.15, 0.2) is 5.78 Å². The Bertz CT molecular complexity index is 219. The van der Waals surface area contributed by atoms with Crippen molar-refractivity contribution in [2.75, 3.05) is 0 Å². The Kier molecular flexibility index (Phi) is 1.48. The Hall–Kier alpha value is -1.33. The van der Waals surface area contributed by atoms with E-state index in [-0.39, 0.29) is 5.78 Å². The summed E-state index contributed by atoms with van der Waals surface area (Å²) in [5.41, 5.74) is 3.52. The van der Waals surface area contributed by atoms with E-state index in [0.717, 1.165) is 5.57 Å². The quantitative estimate of drug-likeness (QED) is 0.439. The topological polar surface area (TPSA) is 17.1 Å². The van der Waals surface area contributed by atoms with E-state index in [1.807, 2.05) is 0 Å². The largest absolute Gasteiger partial charge is 0.290 e. The molecule has 0 saturated heterocycles. The summed E-state index contributed by atoms with van der Waals surface area (Å²) >= 11 is 0. The van der Waals surface area contributed by atoms with Crippen molar-refractivity contribution in [1.82, 2.24) is 0 Å². The third kappa shape index (κ3) is 1.28. The van der Waals surface area contributed by atoms with Crippen LogP contribution >= 0.6 is 0 Å². The van der Waals surface area contributed by atoms with Gasteiger partial charge in [0, 0.05) is 5.57 Å². The molecule has 0 atom stereocenters. The molecule has 0 spiro atoms. The summed E-state index contributed by atoms with van der Waals surface area (Å²) in [6.07, 6.45) is 6.37. The average Bonchev–Trinajstić information content (AvgIpc) is 1.90. The molecule has 1 nitrogen and oxygen atoms in total. The van der Waals surface area contributed by atoms with Gasteiger partial charge in [-0.1, -0.05) is 6.58 Å². The SMILES string of the molecule is C=C=C1C=CC(=O)C=C1. The molecule has 1 heteroatoms. The number of allylic oxidation sites excluding steroid dienone is 5. The minimum Gasteiger partial charge on any atom is -0.290 e. The smallest absolute Gasteiger partial charge is 0.178 e. The standard InChI is InChI=1S/C8H6O/c1-2-7-3-5-8(9)6-4-7/h3-6H,1H2. The second-order valence-corrected chi connectivity index (χ2v) is 1.70. The molecular weight excluding hydrogens is 112 g/mol. The lowest BCUT2D eigenvalue weighted by atomic mass is 10.1. The Balaban J connectivity index is 2.94. The molecule has 1 rings (SSSR count). The van der Waals surface area contributed by atoms with Gasteiger partial charge >= 0.3 is 0 Å². The van der Waals surface area contributed by atoms with E-state index in [0.29, 0.717) is 0 Å². The van der Waals surface area contributed by atoms with E-state index < -0.39 is 0 Å². The van der Waals surface area contributed by atoms with Gasteiger partial charge < -0.3 is 0 Å². The Morgan fingerprint density at radius 3 is 2.22 bits per heavy atom. The van der Waals surface area contributed by atoms with Gasteiger partial charge in [0.2, 0.25) is 0 Å². The van der Waals surface area contributed by atoms with E-state index in [1.54, 1.807) is 12.2 Å². The lowest BCUT2D eigenvalue weighted by Gasteiger charge is -1.92. The van der Waals surface area contributed by atoms with Crippen molar-refractivity contribution in [3.05, 3.63) is 42.2 Å². The first-order chi connectivity index (χ1) is 4.33. The number of rotatable bonds is 0. The van der Waals surface area contributed by atoms with E-state index in [4.69, 9.17) is 0 Å². The third-order valence-electron chi connectivity index (χ3n) is 1.06. The molecule has 0 saturated carbocycles. The van der Waals surface area contributed by atoms with Crippen LogP contribution in [0.2, 0.25) is 0 Å². The van der Waals surface area contributed by atoms with Crippen LogP contribution in [-0.4, -0.2) is 5.78 Å². The van der Waals surface area contributed by atoms with Crippen LogP contribution in [0.3, 0.4) is 0 Å². The predicted molar refractivity (Wildman–Crippen MR) is 35.9 cm³/mol. The van der Waals surface area contributed by atoms with Gasteiger partial charge in [-0.3, -0.25) is 4.79 Å². The first-order valence-electron chi connectivity index (χ1n) is 2.63. The normalized spacial score (nSPS) is 16.0. The van der Waals surface area contributed by atoms with E-state index >= 15 is 0 Å². The van der Waals surface area contributed by atoms with Crippen LogP contribution < -0.4 is 0 Å². The maximum absolute atomic E-state index is 10.5. The molecule has 1 aliphatic rings. The Morgan fingerprint density at radius 1 is 1.22 bits per heavy atom. The molecule has 0 radical (unpaired) electrons. The molecule has 44 valence electrons. The summed E-state index contributed by atoms with van der Waals surface area (Å²) in [6, 6.07) is 0. The van der Waals surface area contributed by atoms with Crippen molar-refractivity contribution in [3.8, 4) is 0 Å². The summed E-state index contributed by atoms with van der Waals surface area (Å²) in [4.78, 5) is 10.5. The molecular formula is C8H6O. The number of hydrogen-bond acceptors (Lipinski definition) is 1.